The van der Waals surface area contributed by atoms with Crippen molar-refractivity contribution in [1.29, 1.82) is 0 Å². The Balaban J connectivity index is 1.57. The van der Waals surface area contributed by atoms with Gasteiger partial charge in [-0.25, -0.2) is 0 Å². The van der Waals surface area contributed by atoms with Crippen molar-refractivity contribution in [2.24, 2.45) is 0 Å². The largest absolute Gasteiger partial charge is 0.455 e. The van der Waals surface area contributed by atoms with Gasteiger partial charge < -0.3 is 14.5 Å². The Hall–Kier alpha value is -2.55. The van der Waals surface area contributed by atoms with E-state index in [0.29, 0.717) is 27.5 Å². The number of ether oxygens (including phenoxy) is 1. The minimum absolute atomic E-state index is 0.396. The molecule has 1 atom stereocenters. The summed E-state index contributed by atoms with van der Waals surface area (Å²) in [6.45, 7) is 0. The first-order valence-electron chi connectivity index (χ1n) is 8.98. The van der Waals surface area contributed by atoms with Gasteiger partial charge in [-0.3, -0.25) is 0 Å². The maximum Gasteiger partial charge on any atom is 0.247 e. The lowest BCUT2D eigenvalue weighted by atomic mass is 10.1. The third kappa shape index (κ3) is 3.66. The topological polar surface area (TPSA) is 73.1 Å². The predicted molar refractivity (Wildman–Crippen MR) is 121 cm³/mol. The van der Waals surface area contributed by atoms with Gasteiger partial charge in [0, 0.05) is 26.3 Å². The van der Waals surface area contributed by atoms with E-state index in [4.69, 9.17) is 20.8 Å². The molecule has 6 nitrogen and oxygen atoms in total. The molecule has 3 heterocycles. The predicted octanol–water partition coefficient (Wildman–Crippen LogP) is 6.44. The molecule has 9 heteroatoms. The van der Waals surface area contributed by atoms with Crippen molar-refractivity contribution >= 4 is 45.0 Å². The molecule has 0 unspecified atom stereocenters. The summed E-state index contributed by atoms with van der Waals surface area (Å²) in [7, 11) is 0. The molecule has 0 amide bonds. The van der Waals surface area contributed by atoms with Crippen molar-refractivity contribution in [1.82, 2.24) is 15.2 Å². The van der Waals surface area contributed by atoms with Crippen molar-refractivity contribution in [3.05, 3.63) is 69.9 Å². The lowest BCUT2D eigenvalue weighted by Gasteiger charge is -2.16. The number of rotatable bonds is 3. The van der Waals surface area contributed by atoms with E-state index < -0.39 is 6.23 Å². The Labute approximate surface area is 190 Å². The van der Waals surface area contributed by atoms with E-state index >= 15 is 0 Å². The zero-order chi connectivity index (χ0) is 20.7. The number of hydrogen-bond acceptors (Lipinski definition) is 7. The standard InChI is InChI=1S/C21H14BrClN4O2S/c1-30-21-25-20-18(26-27-21)14-10-12(22)4-7-15(14)24-19(29-20)17-9-8-16(28-17)11-2-5-13(23)6-3-11/h2-10,19,24H,1H3/t19-/m1/s1. The van der Waals surface area contributed by atoms with Gasteiger partial charge in [-0.2, -0.15) is 4.98 Å². The molecule has 4 aromatic rings. The molecule has 2 aromatic carbocycles. The van der Waals surface area contributed by atoms with Gasteiger partial charge in [0.1, 0.15) is 5.76 Å². The van der Waals surface area contributed by atoms with E-state index in [1.807, 2.05) is 60.9 Å². The molecule has 1 aliphatic heterocycles. The molecule has 2 aromatic heterocycles. The Bertz CT molecular complexity index is 1230. The molecule has 30 heavy (non-hydrogen) atoms. The zero-order valence-electron chi connectivity index (χ0n) is 15.6. The molecular weight excluding hydrogens is 488 g/mol. The fraction of sp³-hybridized carbons (Fsp3) is 0.0952. The Kier molecular flexibility index (Phi) is 5.14. The number of fused-ring (bicyclic) bond motifs is 3. The quantitative estimate of drug-likeness (QED) is 0.324. The van der Waals surface area contributed by atoms with Crippen LogP contribution in [0, 0.1) is 0 Å². The van der Waals surface area contributed by atoms with Gasteiger partial charge in [-0.05, 0) is 60.9 Å². The van der Waals surface area contributed by atoms with Crippen LogP contribution in [0.3, 0.4) is 0 Å². The fourth-order valence-corrected chi connectivity index (χ4v) is 3.93. The molecule has 0 radical (unpaired) electrons. The lowest BCUT2D eigenvalue weighted by Crippen LogP contribution is -2.16. The van der Waals surface area contributed by atoms with Gasteiger partial charge in [-0.1, -0.05) is 39.3 Å². The van der Waals surface area contributed by atoms with E-state index in [1.165, 1.54) is 11.8 Å². The van der Waals surface area contributed by atoms with E-state index in [1.54, 1.807) is 0 Å². The van der Waals surface area contributed by atoms with Crippen molar-refractivity contribution in [2.75, 3.05) is 11.6 Å². The molecule has 5 rings (SSSR count). The van der Waals surface area contributed by atoms with Crippen molar-refractivity contribution in [3.63, 3.8) is 0 Å². The number of benzene rings is 2. The van der Waals surface area contributed by atoms with Crippen LogP contribution in [0.1, 0.15) is 12.0 Å². The van der Waals surface area contributed by atoms with Crippen LogP contribution in [-0.4, -0.2) is 21.4 Å². The van der Waals surface area contributed by atoms with Gasteiger partial charge in [0.25, 0.3) is 0 Å². The summed E-state index contributed by atoms with van der Waals surface area (Å²) in [6, 6.07) is 17.1. The van der Waals surface area contributed by atoms with Crippen LogP contribution in [0.2, 0.25) is 5.02 Å². The average molecular weight is 502 g/mol. The third-order valence-electron chi connectivity index (χ3n) is 4.58. The van der Waals surface area contributed by atoms with Crippen LogP contribution in [0.5, 0.6) is 5.88 Å². The van der Waals surface area contributed by atoms with Crippen molar-refractivity contribution in [3.8, 4) is 28.5 Å². The number of furan rings is 1. The molecule has 0 spiro atoms. The van der Waals surface area contributed by atoms with Crippen LogP contribution in [0.15, 0.2) is 68.6 Å². The highest BCUT2D eigenvalue weighted by molar-refractivity contribution is 9.10. The molecule has 0 aliphatic carbocycles. The normalized spacial score (nSPS) is 14.8. The molecule has 0 fully saturated rings. The van der Waals surface area contributed by atoms with Gasteiger partial charge in [0.15, 0.2) is 11.5 Å². The number of halogens is 2. The van der Waals surface area contributed by atoms with Crippen LogP contribution in [0.4, 0.5) is 5.69 Å². The summed E-state index contributed by atoms with van der Waals surface area (Å²) in [4.78, 5) is 4.53. The summed E-state index contributed by atoms with van der Waals surface area (Å²) >= 11 is 10.9. The summed E-state index contributed by atoms with van der Waals surface area (Å²) < 4.78 is 13.2. The summed E-state index contributed by atoms with van der Waals surface area (Å²) in [5.41, 5.74) is 3.19. The summed E-state index contributed by atoms with van der Waals surface area (Å²) in [5.74, 6) is 1.73. The maximum absolute atomic E-state index is 6.21. The van der Waals surface area contributed by atoms with Crippen LogP contribution in [0.25, 0.3) is 22.6 Å². The van der Waals surface area contributed by atoms with Crippen LogP contribution >= 0.6 is 39.3 Å². The van der Waals surface area contributed by atoms with Gasteiger partial charge in [0.2, 0.25) is 17.3 Å². The molecule has 0 saturated heterocycles. The Morgan fingerprint density at radius 3 is 2.70 bits per heavy atom. The van der Waals surface area contributed by atoms with Crippen molar-refractivity contribution < 1.29 is 9.15 Å². The minimum atomic E-state index is -0.585. The minimum Gasteiger partial charge on any atom is -0.455 e. The fourth-order valence-electron chi connectivity index (χ4n) is 3.15. The smallest absolute Gasteiger partial charge is 0.247 e. The van der Waals surface area contributed by atoms with Gasteiger partial charge in [0.05, 0.1) is 0 Å². The molecule has 1 N–H and O–H groups in total. The van der Waals surface area contributed by atoms with Crippen molar-refractivity contribution in [2.45, 2.75) is 11.4 Å². The molecule has 150 valence electrons. The number of aromatic nitrogens is 3. The second kappa shape index (κ2) is 7.94. The number of anilines is 1. The SMILES string of the molecule is CSc1nnc2c(n1)O[C@H](c1ccc(-c3ccc(Cl)cc3)o1)Nc1ccc(Br)cc1-2. The lowest BCUT2D eigenvalue weighted by molar-refractivity contribution is 0.196. The Morgan fingerprint density at radius 1 is 1.07 bits per heavy atom. The van der Waals surface area contributed by atoms with E-state index in [-0.39, 0.29) is 0 Å². The second-order valence-electron chi connectivity index (χ2n) is 6.49. The van der Waals surface area contributed by atoms with Crippen LogP contribution < -0.4 is 10.1 Å². The highest BCUT2D eigenvalue weighted by atomic mass is 79.9. The van der Waals surface area contributed by atoms with Gasteiger partial charge in [-0.15, -0.1) is 10.2 Å². The first-order chi connectivity index (χ1) is 14.6. The first-order valence-corrected chi connectivity index (χ1v) is 11.4. The van der Waals surface area contributed by atoms with E-state index in [9.17, 15) is 0 Å². The summed E-state index contributed by atoms with van der Waals surface area (Å²) in [6.07, 6.45) is 1.31. The monoisotopic (exact) mass is 500 g/mol. The van der Waals surface area contributed by atoms with Gasteiger partial charge >= 0.3 is 0 Å². The average Bonchev–Trinajstić information content (AvgIpc) is 3.19. The number of nitrogens with one attached hydrogen (secondary N) is 1. The molecule has 0 saturated carbocycles. The molecule has 0 bridgehead atoms. The number of thioether (sulfide) groups is 1. The Morgan fingerprint density at radius 2 is 1.90 bits per heavy atom. The molecular formula is C21H14BrClN4O2S. The highest BCUT2D eigenvalue weighted by Crippen LogP contribution is 2.41. The molecule has 1 aliphatic rings. The highest BCUT2D eigenvalue weighted by Gasteiger charge is 2.28. The van der Waals surface area contributed by atoms with E-state index in [2.05, 4.69) is 36.4 Å². The van der Waals surface area contributed by atoms with Crippen LogP contribution in [-0.2, 0) is 0 Å². The zero-order valence-corrected chi connectivity index (χ0v) is 18.8. The second-order valence-corrected chi connectivity index (χ2v) is 8.62. The number of nitrogens with zero attached hydrogens (tertiary/aromatic N) is 3. The maximum atomic E-state index is 6.21. The number of hydrogen-bond donors (Lipinski definition) is 1. The summed E-state index contributed by atoms with van der Waals surface area (Å²) in [5, 5.41) is 13.1. The van der Waals surface area contributed by atoms with E-state index in [0.717, 1.165) is 27.0 Å². The third-order valence-corrected chi connectivity index (χ3v) is 5.87. The first kappa shape index (κ1) is 19.4.